The summed E-state index contributed by atoms with van der Waals surface area (Å²) in [4.78, 5) is -0.348. The van der Waals surface area contributed by atoms with Crippen molar-refractivity contribution in [2.45, 2.75) is 16.7 Å². The van der Waals surface area contributed by atoms with Crippen LogP contribution >= 0.6 is 12.6 Å². The molecular formula is C15H15FN2O4S3. The van der Waals surface area contributed by atoms with E-state index >= 15 is 0 Å². The largest absolute Gasteiger partial charge is 0.279 e. The van der Waals surface area contributed by atoms with Crippen LogP contribution in [0.5, 0.6) is 0 Å². The number of nitrogens with two attached hydrogens (primary N) is 1. The number of thiol groups is 1. The van der Waals surface area contributed by atoms with Gasteiger partial charge in [-0.3, -0.25) is 4.72 Å². The molecule has 0 fully saturated rings. The second kappa shape index (κ2) is 7.16. The molecule has 0 aromatic heterocycles. The highest BCUT2D eigenvalue weighted by Gasteiger charge is 2.21. The first kappa shape index (κ1) is 19.4. The Morgan fingerprint density at radius 1 is 1.16 bits per heavy atom. The minimum absolute atomic E-state index is 0.470. The van der Waals surface area contributed by atoms with Gasteiger partial charge in [0.15, 0.2) is 0 Å². The second-order valence-corrected chi connectivity index (χ2v) is 8.72. The Balaban J connectivity index is 2.37. The van der Waals surface area contributed by atoms with Crippen molar-refractivity contribution >= 4 is 44.4 Å². The molecule has 0 radical (unpaired) electrons. The number of halogens is 1. The lowest BCUT2D eigenvalue weighted by Gasteiger charge is -2.10. The van der Waals surface area contributed by atoms with E-state index in [-0.39, 0.29) is 0 Å². The number of hydrogen-bond donors (Lipinski definition) is 3. The molecule has 0 aliphatic heterocycles. The average Bonchev–Trinajstić information content (AvgIpc) is 2.44. The Morgan fingerprint density at radius 3 is 2.44 bits per heavy atom. The highest BCUT2D eigenvalue weighted by atomic mass is 32.2. The summed E-state index contributed by atoms with van der Waals surface area (Å²) in [5, 5.41) is 5.77. The average molecular weight is 402 g/mol. The predicted molar refractivity (Wildman–Crippen MR) is 97.8 cm³/mol. The van der Waals surface area contributed by atoms with Crippen LogP contribution in [0.1, 0.15) is 11.1 Å². The molecule has 0 unspecified atom stereocenters. The van der Waals surface area contributed by atoms with Gasteiger partial charge in [-0.25, -0.2) is 26.4 Å². The Hall–Kier alpha value is -1.88. The van der Waals surface area contributed by atoms with Crippen molar-refractivity contribution in [2.24, 2.45) is 5.14 Å². The van der Waals surface area contributed by atoms with Crippen LogP contribution in [0.3, 0.4) is 0 Å². The van der Waals surface area contributed by atoms with E-state index in [9.17, 15) is 21.2 Å². The molecule has 3 N–H and O–H groups in total. The molecular weight excluding hydrogens is 387 g/mol. The van der Waals surface area contributed by atoms with Crippen molar-refractivity contribution < 1.29 is 21.2 Å². The molecule has 134 valence electrons. The minimum atomic E-state index is -4.45. The molecule has 25 heavy (non-hydrogen) atoms. The number of benzene rings is 2. The SMILES string of the molecule is Cc1ccc(/C=C/S(=O)(=O)Nc2cccc(F)c2S(N)(=O)=O)c(S)c1. The predicted octanol–water partition coefficient (Wildman–Crippen LogP) is 2.48. The van der Waals surface area contributed by atoms with Gasteiger partial charge in [-0.15, -0.1) is 12.6 Å². The van der Waals surface area contributed by atoms with Crippen LogP contribution in [0.2, 0.25) is 0 Å². The zero-order chi connectivity index (χ0) is 18.8. The molecule has 0 amide bonds. The van der Waals surface area contributed by atoms with Crippen molar-refractivity contribution in [3.63, 3.8) is 0 Å². The third kappa shape index (κ3) is 5.05. The van der Waals surface area contributed by atoms with Crippen LogP contribution in [0, 0.1) is 12.7 Å². The maximum Gasteiger partial charge on any atom is 0.255 e. The summed E-state index contributed by atoms with van der Waals surface area (Å²) in [6.07, 6.45) is 1.29. The molecule has 2 aromatic rings. The third-order valence-electron chi connectivity index (χ3n) is 3.12. The van der Waals surface area contributed by atoms with Gasteiger partial charge in [-0.1, -0.05) is 18.2 Å². The van der Waals surface area contributed by atoms with Crippen molar-refractivity contribution in [3.8, 4) is 0 Å². The fourth-order valence-corrected chi connectivity index (χ4v) is 4.08. The summed E-state index contributed by atoms with van der Waals surface area (Å²) in [5.41, 5.74) is 1.04. The monoisotopic (exact) mass is 402 g/mol. The molecule has 0 saturated carbocycles. The van der Waals surface area contributed by atoms with Crippen LogP contribution in [0.15, 0.2) is 51.6 Å². The normalized spacial score (nSPS) is 12.5. The molecule has 0 aliphatic rings. The van der Waals surface area contributed by atoms with E-state index in [0.717, 1.165) is 29.2 Å². The Labute approximate surface area is 151 Å². The summed E-state index contributed by atoms with van der Waals surface area (Å²) in [6.45, 7) is 1.87. The highest BCUT2D eigenvalue weighted by molar-refractivity contribution is 7.95. The van der Waals surface area contributed by atoms with Crippen LogP contribution in [-0.4, -0.2) is 16.8 Å². The fourth-order valence-electron chi connectivity index (χ4n) is 2.02. The van der Waals surface area contributed by atoms with E-state index in [1.54, 1.807) is 18.2 Å². The summed E-state index contributed by atoms with van der Waals surface area (Å²) in [5.74, 6) is -1.15. The van der Waals surface area contributed by atoms with Gasteiger partial charge in [0.25, 0.3) is 10.0 Å². The maximum atomic E-state index is 13.7. The van der Waals surface area contributed by atoms with E-state index in [1.165, 1.54) is 6.08 Å². The molecule has 0 atom stereocenters. The number of nitrogens with one attached hydrogen (secondary N) is 1. The molecule has 0 saturated heterocycles. The number of anilines is 1. The lowest BCUT2D eigenvalue weighted by atomic mass is 10.1. The van der Waals surface area contributed by atoms with E-state index in [0.29, 0.717) is 10.5 Å². The molecule has 0 aliphatic carbocycles. The van der Waals surface area contributed by atoms with E-state index in [2.05, 4.69) is 12.6 Å². The van der Waals surface area contributed by atoms with Gasteiger partial charge in [0, 0.05) is 4.90 Å². The molecule has 0 heterocycles. The van der Waals surface area contributed by atoms with Gasteiger partial charge in [0.05, 0.1) is 11.1 Å². The summed E-state index contributed by atoms with van der Waals surface area (Å²) >= 11 is 4.25. The van der Waals surface area contributed by atoms with Gasteiger partial charge >= 0.3 is 0 Å². The van der Waals surface area contributed by atoms with E-state index < -0.39 is 36.4 Å². The zero-order valence-electron chi connectivity index (χ0n) is 13.0. The van der Waals surface area contributed by atoms with E-state index in [4.69, 9.17) is 5.14 Å². The van der Waals surface area contributed by atoms with Gasteiger partial charge in [0.1, 0.15) is 10.7 Å². The van der Waals surface area contributed by atoms with Crippen LogP contribution in [-0.2, 0) is 20.0 Å². The van der Waals surface area contributed by atoms with Crippen LogP contribution in [0.25, 0.3) is 6.08 Å². The summed E-state index contributed by atoms with van der Waals surface area (Å²) in [7, 11) is -8.56. The van der Waals surface area contributed by atoms with Crippen molar-refractivity contribution in [3.05, 3.63) is 58.8 Å². The first-order valence-electron chi connectivity index (χ1n) is 6.81. The number of primary sulfonamides is 1. The third-order valence-corrected chi connectivity index (χ3v) is 5.49. The maximum absolute atomic E-state index is 13.7. The lowest BCUT2D eigenvalue weighted by Crippen LogP contribution is -2.19. The Morgan fingerprint density at radius 2 is 1.84 bits per heavy atom. The topological polar surface area (TPSA) is 106 Å². The standard InChI is InChI=1S/C15H15FN2O4S3/c1-10-5-6-11(14(23)9-10)7-8-24(19,20)18-13-4-2-3-12(16)15(13)25(17,21)22/h2-9,18,23H,1H3,(H2,17,21,22)/b8-7+. The number of sulfonamides is 2. The Bertz CT molecular complexity index is 1050. The second-order valence-electron chi connectivity index (χ2n) is 5.17. The highest BCUT2D eigenvalue weighted by Crippen LogP contribution is 2.25. The molecule has 2 rings (SSSR count). The van der Waals surface area contributed by atoms with Gasteiger partial charge in [-0.05, 0) is 42.3 Å². The fraction of sp³-hybridized carbons (Fsp3) is 0.0667. The van der Waals surface area contributed by atoms with Crippen molar-refractivity contribution in [1.82, 2.24) is 0 Å². The molecule has 6 nitrogen and oxygen atoms in total. The van der Waals surface area contributed by atoms with Crippen molar-refractivity contribution in [1.29, 1.82) is 0 Å². The number of hydrogen-bond acceptors (Lipinski definition) is 5. The van der Waals surface area contributed by atoms with Gasteiger partial charge in [0.2, 0.25) is 10.0 Å². The number of rotatable bonds is 5. The molecule has 10 heteroatoms. The zero-order valence-corrected chi connectivity index (χ0v) is 15.5. The summed E-state index contributed by atoms with van der Waals surface area (Å²) < 4.78 is 63.0. The van der Waals surface area contributed by atoms with Crippen LogP contribution in [0.4, 0.5) is 10.1 Å². The Kier molecular flexibility index (Phi) is 5.57. The van der Waals surface area contributed by atoms with E-state index in [1.807, 2.05) is 11.6 Å². The molecule has 0 bridgehead atoms. The quantitative estimate of drug-likeness (QED) is 0.668. The van der Waals surface area contributed by atoms with Gasteiger partial charge < -0.3 is 0 Å². The minimum Gasteiger partial charge on any atom is -0.279 e. The van der Waals surface area contributed by atoms with Crippen LogP contribution < -0.4 is 9.86 Å². The first-order valence-corrected chi connectivity index (χ1v) is 10.4. The first-order chi connectivity index (χ1) is 11.5. The van der Waals surface area contributed by atoms with Crippen molar-refractivity contribution in [2.75, 3.05) is 4.72 Å². The number of aryl methyl sites for hydroxylation is 1. The lowest BCUT2D eigenvalue weighted by molar-refractivity contribution is 0.569. The molecule has 0 spiro atoms. The van der Waals surface area contributed by atoms with Gasteiger partial charge in [-0.2, -0.15) is 0 Å². The summed E-state index contributed by atoms with van der Waals surface area (Å²) in [6, 6.07) is 8.36. The smallest absolute Gasteiger partial charge is 0.255 e. The molecule has 2 aromatic carbocycles.